The lowest BCUT2D eigenvalue weighted by atomic mass is 10.2. The van der Waals surface area contributed by atoms with Crippen LogP contribution in [-0.4, -0.2) is 9.55 Å². The van der Waals surface area contributed by atoms with Gasteiger partial charge in [0.05, 0.1) is 11.6 Å². The molecule has 3 rings (SSSR count). The van der Waals surface area contributed by atoms with Gasteiger partial charge in [0, 0.05) is 10.5 Å². The number of rotatable bonds is 7. The lowest BCUT2D eigenvalue weighted by Crippen LogP contribution is -2.34. The molecular weight excluding hydrogens is 348 g/mol. The van der Waals surface area contributed by atoms with Crippen molar-refractivity contribution in [3.05, 3.63) is 92.6 Å². The fourth-order valence-corrected chi connectivity index (χ4v) is 3.69. The predicted molar refractivity (Wildman–Crippen MR) is 102 cm³/mol. The molecule has 0 aliphatic rings. The maximum atomic E-state index is 12.4. The van der Waals surface area contributed by atoms with E-state index in [0.717, 1.165) is 10.5 Å². The topological polar surface area (TPSA) is 64.1 Å². The van der Waals surface area contributed by atoms with E-state index < -0.39 is 5.69 Å². The van der Waals surface area contributed by atoms with Crippen molar-refractivity contribution < 1.29 is 4.74 Å². The van der Waals surface area contributed by atoms with E-state index in [-0.39, 0.29) is 12.3 Å². The van der Waals surface area contributed by atoms with Crippen LogP contribution in [0.1, 0.15) is 18.1 Å². The van der Waals surface area contributed by atoms with Gasteiger partial charge in [-0.05, 0) is 24.1 Å². The molecule has 0 amide bonds. The van der Waals surface area contributed by atoms with Crippen molar-refractivity contribution in [1.82, 2.24) is 9.55 Å². The normalized spacial score (nSPS) is 10.8. The molecule has 134 valence electrons. The molecule has 5 nitrogen and oxygen atoms in total. The average molecular weight is 368 g/mol. The van der Waals surface area contributed by atoms with Gasteiger partial charge < -0.3 is 4.74 Å². The Bertz CT molecular complexity index is 966. The maximum absolute atomic E-state index is 12.4. The molecule has 1 N–H and O–H groups in total. The summed E-state index contributed by atoms with van der Waals surface area (Å²) in [6.07, 6.45) is 0.531. The van der Waals surface area contributed by atoms with E-state index in [1.54, 1.807) is 0 Å². The maximum Gasteiger partial charge on any atom is 0.331 e. The van der Waals surface area contributed by atoms with Crippen LogP contribution in [0.25, 0.3) is 0 Å². The molecule has 26 heavy (non-hydrogen) atoms. The van der Waals surface area contributed by atoms with Crippen LogP contribution in [0.4, 0.5) is 0 Å². The molecule has 0 radical (unpaired) electrons. The minimum absolute atomic E-state index is 0.0761. The second-order valence-electron chi connectivity index (χ2n) is 5.70. The van der Waals surface area contributed by atoms with Gasteiger partial charge in [0.25, 0.3) is 5.56 Å². The van der Waals surface area contributed by atoms with Crippen molar-refractivity contribution in [2.45, 2.75) is 36.6 Å². The van der Waals surface area contributed by atoms with E-state index in [0.29, 0.717) is 23.6 Å². The molecule has 0 fully saturated rings. The summed E-state index contributed by atoms with van der Waals surface area (Å²) in [5, 5.41) is 0.625. The smallest absolute Gasteiger partial charge is 0.331 e. The minimum atomic E-state index is -0.460. The Labute approximate surface area is 155 Å². The molecule has 1 aromatic heterocycles. The van der Waals surface area contributed by atoms with Crippen molar-refractivity contribution in [2.75, 3.05) is 0 Å². The Morgan fingerprint density at radius 1 is 1.00 bits per heavy atom. The van der Waals surface area contributed by atoms with Crippen LogP contribution < -0.4 is 11.2 Å². The Morgan fingerprint density at radius 3 is 2.31 bits per heavy atom. The average Bonchev–Trinajstić information content (AvgIpc) is 2.66. The van der Waals surface area contributed by atoms with Crippen LogP contribution >= 0.6 is 11.8 Å². The van der Waals surface area contributed by atoms with Crippen LogP contribution in [0.3, 0.4) is 0 Å². The molecule has 0 saturated carbocycles. The summed E-state index contributed by atoms with van der Waals surface area (Å²) < 4.78 is 7.22. The summed E-state index contributed by atoms with van der Waals surface area (Å²) in [6.45, 7) is 2.37. The fraction of sp³-hybridized carbons (Fsp3) is 0.200. The molecular formula is C20H20N2O3S. The van der Waals surface area contributed by atoms with Crippen molar-refractivity contribution in [3.8, 4) is 0 Å². The number of nitrogens with zero attached hydrogens (tertiary/aromatic N) is 1. The lowest BCUT2D eigenvalue weighted by Gasteiger charge is -2.15. The quantitative estimate of drug-likeness (QED) is 0.649. The Kier molecular flexibility index (Phi) is 6.09. The molecule has 3 aromatic rings. The predicted octanol–water partition coefficient (Wildman–Crippen LogP) is 3.42. The number of benzene rings is 2. The van der Waals surface area contributed by atoms with Gasteiger partial charge in [-0.2, -0.15) is 0 Å². The van der Waals surface area contributed by atoms with Crippen LogP contribution in [0, 0.1) is 0 Å². The van der Waals surface area contributed by atoms with Crippen molar-refractivity contribution >= 4 is 11.8 Å². The van der Waals surface area contributed by atoms with E-state index >= 15 is 0 Å². The highest BCUT2D eigenvalue weighted by atomic mass is 32.2. The first kappa shape index (κ1) is 18.2. The summed E-state index contributed by atoms with van der Waals surface area (Å²) in [5.41, 5.74) is 0.814. The summed E-state index contributed by atoms with van der Waals surface area (Å²) in [7, 11) is 0. The molecule has 2 aromatic carbocycles. The van der Waals surface area contributed by atoms with Gasteiger partial charge in [-0.1, -0.05) is 67.2 Å². The SMILES string of the molecule is CCc1c(Sc2ccccc2)n(COCc2ccccc2)c(=O)[nH]c1=O. The van der Waals surface area contributed by atoms with Gasteiger partial charge in [-0.3, -0.25) is 14.3 Å². The zero-order valence-corrected chi connectivity index (χ0v) is 15.3. The van der Waals surface area contributed by atoms with Crippen LogP contribution in [-0.2, 0) is 24.5 Å². The van der Waals surface area contributed by atoms with E-state index in [1.807, 2.05) is 67.6 Å². The number of nitrogens with one attached hydrogen (secondary N) is 1. The second kappa shape index (κ2) is 8.69. The number of ether oxygens (including phenoxy) is 1. The molecule has 0 unspecified atom stereocenters. The summed E-state index contributed by atoms with van der Waals surface area (Å²) in [6, 6.07) is 19.4. The summed E-state index contributed by atoms with van der Waals surface area (Å²) >= 11 is 1.40. The van der Waals surface area contributed by atoms with E-state index in [9.17, 15) is 9.59 Å². The van der Waals surface area contributed by atoms with Crippen LogP contribution in [0.5, 0.6) is 0 Å². The van der Waals surface area contributed by atoms with Gasteiger partial charge in [0.15, 0.2) is 0 Å². The standard InChI is InChI=1S/C20H20N2O3S/c1-2-17-18(23)21-20(24)22(14-25-13-15-9-5-3-6-10-15)19(17)26-16-11-7-4-8-12-16/h3-12H,2,13-14H2,1H3,(H,21,23,24). The Balaban J connectivity index is 1.90. The zero-order valence-electron chi connectivity index (χ0n) is 14.5. The summed E-state index contributed by atoms with van der Waals surface area (Å²) in [5.74, 6) is 0. The third-order valence-corrected chi connectivity index (χ3v) is 5.05. The molecule has 0 spiro atoms. The second-order valence-corrected chi connectivity index (χ2v) is 6.77. The number of aromatic nitrogens is 2. The lowest BCUT2D eigenvalue weighted by molar-refractivity contribution is 0.0550. The van der Waals surface area contributed by atoms with Crippen molar-refractivity contribution in [3.63, 3.8) is 0 Å². The minimum Gasteiger partial charge on any atom is -0.356 e. The third kappa shape index (κ3) is 4.33. The van der Waals surface area contributed by atoms with Crippen molar-refractivity contribution in [2.24, 2.45) is 0 Å². The van der Waals surface area contributed by atoms with E-state index in [1.165, 1.54) is 16.3 Å². The van der Waals surface area contributed by atoms with Crippen molar-refractivity contribution in [1.29, 1.82) is 0 Å². The first-order valence-corrected chi connectivity index (χ1v) is 9.21. The molecule has 0 bridgehead atoms. The first-order chi connectivity index (χ1) is 12.7. The molecule has 0 atom stereocenters. The zero-order chi connectivity index (χ0) is 18.4. The molecule has 6 heteroatoms. The molecule has 0 aliphatic heterocycles. The highest BCUT2D eigenvalue weighted by molar-refractivity contribution is 7.99. The Morgan fingerprint density at radius 2 is 1.65 bits per heavy atom. The molecule has 0 aliphatic carbocycles. The first-order valence-electron chi connectivity index (χ1n) is 8.39. The highest BCUT2D eigenvalue weighted by Crippen LogP contribution is 2.28. The van der Waals surface area contributed by atoms with E-state index in [2.05, 4.69) is 4.98 Å². The van der Waals surface area contributed by atoms with Crippen LogP contribution in [0.15, 0.2) is 80.2 Å². The number of hydrogen-bond donors (Lipinski definition) is 1. The number of hydrogen-bond acceptors (Lipinski definition) is 4. The fourth-order valence-electron chi connectivity index (χ4n) is 2.57. The Hall–Kier alpha value is -2.57. The number of aromatic amines is 1. The van der Waals surface area contributed by atoms with Gasteiger partial charge >= 0.3 is 5.69 Å². The monoisotopic (exact) mass is 368 g/mol. The molecule has 1 heterocycles. The van der Waals surface area contributed by atoms with Gasteiger partial charge in [-0.25, -0.2) is 4.79 Å². The molecule has 0 saturated heterocycles. The third-order valence-electron chi connectivity index (χ3n) is 3.89. The number of H-pyrrole nitrogens is 1. The van der Waals surface area contributed by atoms with Gasteiger partial charge in [0.1, 0.15) is 6.73 Å². The van der Waals surface area contributed by atoms with Crippen LogP contribution in [0.2, 0.25) is 0 Å². The van der Waals surface area contributed by atoms with E-state index in [4.69, 9.17) is 4.74 Å². The van der Waals surface area contributed by atoms with Gasteiger partial charge in [0.2, 0.25) is 0 Å². The largest absolute Gasteiger partial charge is 0.356 e. The van der Waals surface area contributed by atoms with Gasteiger partial charge in [-0.15, -0.1) is 0 Å². The summed E-state index contributed by atoms with van der Waals surface area (Å²) in [4.78, 5) is 27.9. The highest BCUT2D eigenvalue weighted by Gasteiger charge is 2.15.